The maximum atomic E-state index is 5.55. The van der Waals surface area contributed by atoms with E-state index >= 15 is 0 Å². The van der Waals surface area contributed by atoms with Crippen LogP contribution in [-0.4, -0.2) is 42.4 Å². The number of nitrogens with two attached hydrogens (primary N) is 1. The molecule has 0 atom stereocenters. The Morgan fingerprint density at radius 2 is 2.09 bits per heavy atom. The first-order valence-corrected chi connectivity index (χ1v) is 8.07. The lowest BCUT2D eigenvalue weighted by atomic mass is 10.1. The van der Waals surface area contributed by atoms with Crippen molar-refractivity contribution in [2.24, 2.45) is 5.10 Å². The molecular weight excluding hydrogens is 298 g/mol. The molecule has 0 amide bonds. The molecule has 1 aromatic heterocycles. The van der Waals surface area contributed by atoms with Crippen molar-refractivity contribution in [1.29, 1.82) is 0 Å². The van der Waals surface area contributed by atoms with Gasteiger partial charge in [-0.2, -0.15) is 5.10 Å². The topological polar surface area (TPSA) is 75.8 Å². The monoisotopic (exact) mass is 317 g/mol. The molecule has 0 saturated carbocycles. The van der Waals surface area contributed by atoms with E-state index in [1.807, 2.05) is 0 Å². The second-order valence-corrected chi connectivity index (χ2v) is 5.94. The van der Waals surface area contributed by atoms with Gasteiger partial charge in [-0.3, -0.25) is 10.3 Å². The van der Waals surface area contributed by atoms with Gasteiger partial charge in [-0.25, -0.2) is 4.98 Å². The molecule has 1 aromatic carbocycles. The van der Waals surface area contributed by atoms with E-state index in [1.165, 1.54) is 16.9 Å². The van der Waals surface area contributed by atoms with E-state index in [0.717, 1.165) is 38.4 Å². The molecule has 3 rings (SSSR count). The number of hydrogen-bond donors (Lipinski definition) is 2. The number of benzene rings is 1. The van der Waals surface area contributed by atoms with E-state index in [0.29, 0.717) is 10.9 Å². The van der Waals surface area contributed by atoms with Crippen LogP contribution in [0.25, 0.3) is 0 Å². The molecule has 1 fully saturated rings. The van der Waals surface area contributed by atoms with Crippen LogP contribution in [0.3, 0.4) is 0 Å². The standard InChI is InChI=1S/C15H19N5OS/c16-14-11-22-15(18-14)19-17-9-12-1-3-13(4-2-12)10-20-5-7-21-8-6-20/h1-4,9,11H,5-8,10,16H2,(H,18,19). The van der Waals surface area contributed by atoms with Crippen molar-refractivity contribution in [1.82, 2.24) is 9.88 Å². The van der Waals surface area contributed by atoms with Crippen LogP contribution in [0.2, 0.25) is 0 Å². The molecule has 0 bridgehead atoms. The number of nitrogens with zero attached hydrogens (tertiary/aromatic N) is 3. The van der Waals surface area contributed by atoms with E-state index in [9.17, 15) is 0 Å². The summed E-state index contributed by atoms with van der Waals surface area (Å²) in [6, 6.07) is 8.41. The van der Waals surface area contributed by atoms with Crippen LogP contribution >= 0.6 is 11.3 Å². The minimum atomic E-state index is 0.509. The van der Waals surface area contributed by atoms with Crippen molar-refractivity contribution in [2.45, 2.75) is 6.54 Å². The number of hydrazone groups is 1. The Hall–Kier alpha value is -1.96. The Kier molecular flexibility index (Phi) is 4.99. The fraction of sp³-hybridized carbons (Fsp3) is 0.333. The molecule has 0 radical (unpaired) electrons. The lowest BCUT2D eigenvalue weighted by Gasteiger charge is -2.26. The van der Waals surface area contributed by atoms with Gasteiger partial charge in [0.15, 0.2) is 0 Å². The van der Waals surface area contributed by atoms with Crippen molar-refractivity contribution < 1.29 is 4.74 Å². The van der Waals surface area contributed by atoms with E-state index in [2.05, 4.69) is 44.7 Å². The molecule has 1 saturated heterocycles. The van der Waals surface area contributed by atoms with Gasteiger partial charge in [0.05, 0.1) is 19.4 Å². The minimum Gasteiger partial charge on any atom is -0.383 e. The molecule has 1 aliphatic heterocycles. The third kappa shape index (κ3) is 4.27. The number of thiazole rings is 1. The molecule has 0 spiro atoms. The lowest BCUT2D eigenvalue weighted by Crippen LogP contribution is -2.35. The molecule has 7 heteroatoms. The van der Waals surface area contributed by atoms with Gasteiger partial charge in [-0.05, 0) is 11.1 Å². The van der Waals surface area contributed by atoms with Crippen molar-refractivity contribution in [2.75, 3.05) is 37.5 Å². The van der Waals surface area contributed by atoms with Crippen molar-refractivity contribution in [3.8, 4) is 0 Å². The van der Waals surface area contributed by atoms with Crippen LogP contribution in [0.4, 0.5) is 10.9 Å². The highest BCUT2D eigenvalue weighted by Gasteiger charge is 2.10. The van der Waals surface area contributed by atoms with E-state index in [-0.39, 0.29) is 0 Å². The summed E-state index contributed by atoms with van der Waals surface area (Å²) in [6.07, 6.45) is 1.77. The number of ether oxygens (including phenoxy) is 1. The van der Waals surface area contributed by atoms with Crippen LogP contribution in [0.15, 0.2) is 34.7 Å². The minimum absolute atomic E-state index is 0.509. The summed E-state index contributed by atoms with van der Waals surface area (Å²) in [5.41, 5.74) is 10.8. The summed E-state index contributed by atoms with van der Waals surface area (Å²) in [6.45, 7) is 4.64. The molecule has 0 unspecified atom stereocenters. The molecule has 22 heavy (non-hydrogen) atoms. The van der Waals surface area contributed by atoms with Gasteiger partial charge in [0.2, 0.25) is 5.13 Å². The molecule has 2 aromatic rings. The Morgan fingerprint density at radius 3 is 2.77 bits per heavy atom. The van der Waals surface area contributed by atoms with Gasteiger partial charge < -0.3 is 10.5 Å². The number of morpholine rings is 1. The highest BCUT2D eigenvalue weighted by Crippen LogP contribution is 2.16. The number of nitrogen functional groups attached to an aromatic ring is 1. The van der Waals surface area contributed by atoms with Crippen LogP contribution in [-0.2, 0) is 11.3 Å². The Labute approximate surface area is 133 Å². The summed E-state index contributed by atoms with van der Waals surface area (Å²) in [5, 5.41) is 6.63. The zero-order chi connectivity index (χ0) is 15.2. The number of nitrogens with one attached hydrogen (secondary N) is 1. The van der Waals surface area contributed by atoms with Crippen LogP contribution < -0.4 is 11.2 Å². The summed E-state index contributed by atoms with van der Waals surface area (Å²) >= 11 is 1.43. The number of anilines is 2. The van der Waals surface area contributed by atoms with Crippen LogP contribution in [0, 0.1) is 0 Å². The molecule has 116 valence electrons. The molecule has 6 nitrogen and oxygen atoms in total. The Morgan fingerprint density at radius 1 is 1.32 bits per heavy atom. The third-order valence-corrected chi connectivity index (χ3v) is 4.15. The normalized spacial score (nSPS) is 16.2. The molecule has 0 aliphatic carbocycles. The van der Waals surface area contributed by atoms with Crippen LogP contribution in [0.5, 0.6) is 0 Å². The van der Waals surface area contributed by atoms with E-state index in [1.54, 1.807) is 11.6 Å². The predicted octanol–water partition coefficient (Wildman–Crippen LogP) is 2.00. The SMILES string of the molecule is Nc1csc(NN=Cc2ccc(CN3CCOCC3)cc2)n1. The summed E-state index contributed by atoms with van der Waals surface area (Å²) in [4.78, 5) is 6.48. The van der Waals surface area contributed by atoms with Gasteiger partial charge in [0.1, 0.15) is 5.82 Å². The summed E-state index contributed by atoms with van der Waals surface area (Å²) in [5.74, 6) is 0.509. The maximum absolute atomic E-state index is 5.55. The van der Waals surface area contributed by atoms with Gasteiger partial charge in [0.25, 0.3) is 0 Å². The third-order valence-electron chi connectivity index (χ3n) is 3.39. The van der Waals surface area contributed by atoms with Crippen molar-refractivity contribution in [3.05, 3.63) is 40.8 Å². The van der Waals surface area contributed by atoms with Crippen molar-refractivity contribution >= 4 is 28.5 Å². The highest BCUT2D eigenvalue weighted by atomic mass is 32.1. The lowest BCUT2D eigenvalue weighted by molar-refractivity contribution is 0.0342. The second-order valence-electron chi connectivity index (χ2n) is 5.08. The van der Waals surface area contributed by atoms with Gasteiger partial charge >= 0.3 is 0 Å². The molecule has 3 N–H and O–H groups in total. The average Bonchev–Trinajstić information content (AvgIpc) is 2.96. The molecule has 1 aliphatic rings. The summed E-state index contributed by atoms with van der Waals surface area (Å²) < 4.78 is 5.36. The molecule has 2 heterocycles. The van der Waals surface area contributed by atoms with Gasteiger partial charge in [0, 0.05) is 25.0 Å². The number of hydrogen-bond acceptors (Lipinski definition) is 7. The first kappa shape index (κ1) is 15.0. The largest absolute Gasteiger partial charge is 0.383 e. The molecular formula is C15H19N5OS. The number of aromatic nitrogens is 1. The zero-order valence-electron chi connectivity index (χ0n) is 12.2. The Balaban J connectivity index is 1.52. The summed E-state index contributed by atoms with van der Waals surface area (Å²) in [7, 11) is 0. The van der Waals surface area contributed by atoms with Gasteiger partial charge in [-0.15, -0.1) is 11.3 Å². The van der Waals surface area contributed by atoms with Crippen molar-refractivity contribution in [3.63, 3.8) is 0 Å². The first-order chi connectivity index (χ1) is 10.8. The fourth-order valence-electron chi connectivity index (χ4n) is 2.23. The van der Waals surface area contributed by atoms with E-state index < -0.39 is 0 Å². The Bertz CT molecular complexity index is 619. The smallest absolute Gasteiger partial charge is 0.205 e. The highest BCUT2D eigenvalue weighted by molar-refractivity contribution is 7.14. The van der Waals surface area contributed by atoms with Gasteiger partial charge in [-0.1, -0.05) is 24.3 Å². The van der Waals surface area contributed by atoms with Crippen LogP contribution in [0.1, 0.15) is 11.1 Å². The maximum Gasteiger partial charge on any atom is 0.205 e. The quantitative estimate of drug-likeness (QED) is 0.652. The average molecular weight is 317 g/mol. The van der Waals surface area contributed by atoms with E-state index in [4.69, 9.17) is 10.5 Å². The fourth-order valence-corrected chi connectivity index (χ4v) is 2.77. The second kappa shape index (κ2) is 7.35. The number of rotatable bonds is 5. The zero-order valence-corrected chi connectivity index (χ0v) is 13.1. The predicted molar refractivity (Wildman–Crippen MR) is 90.3 cm³/mol. The first-order valence-electron chi connectivity index (χ1n) is 7.19.